The van der Waals surface area contributed by atoms with Gasteiger partial charge in [-0.2, -0.15) is 0 Å². The number of nitrogens with zero attached hydrogens (tertiary/aromatic N) is 3. The van der Waals surface area contributed by atoms with Gasteiger partial charge in [0.05, 0.1) is 17.7 Å². The molecule has 0 unspecified atom stereocenters. The molecular formula is C19H17N3O4S2. The fourth-order valence-electron chi connectivity index (χ4n) is 3.11. The molecule has 1 amide bonds. The van der Waals surface area contributed by atoms with E-state index in [4.69, 9.17) is 9.15 Å². The maximum Gasteiger partial charge on any atom is 0.328 e. The third kappa shape index (κ3) is 3.81. The van der Waals surface area contributed by atoms with Crippen LogP contribution in [0, 0.1) is 0 Å². The number of carbonyl (C=O) groups is 2. The highest BCUT2D eigenvalue weighted by Gasteiger charge is 2.35. The highest BCUT2D eigenvalue weighted by Crippen LogP contribution is 2.28. The van der Waals surface area contributed by atoms with Crippen LogP contribution in [0.1, 0.15) is 11.1 Å². The van der Waals surface area contributed by atoms with E-state index in [9.17, 15) is 9.59 Å². The maximum atomic E-state index is 12.9. The van der Waals surface area contributed by atoms with Crippen LogP contribution in [-0.4, -0.2) is 45.9 Å². The van der Waals surface area contributed by atoms with E-state index in [0.717, 1.165) is 27.8 Å². The minimum absolute atomic E-state index is 0.0989. The number of ether oxygens (including phenoxy) is 1. The summed E-state index contributed by atoms with van der Waals surface area (Å²) in [6.45, 7) is 0.375. The van der Waals surface area contributed by atoms with Crippen LogP contribution in [0.3, 0.4) is 0 Å². The van der Waals surface area contributed by atoms with Gasteiger partial charge in [0.2, 0.25) is 5.91 Å². The van der Waals surface area contributed by atoms with Crippen molar-refractivity contribution in [1.82, 2.24) is 15.1 Å². The molecule has 0 aliphatic carbocycles. The lowest BCUT2D eigenvalue weighted by atomic mass is 9.94. The molecule has 0 saturated heterocycles. The number of carbonyl (C=O) groups excluding carboxylic acids is 2. The highest BCUT2D eigenvalue weighted by molar-refractivity contribution is 7.99. The van der Waals surface area contributed by atoms with Gasteiger partial charge >= 0.3 is 5.97 Å². The SMILES string of the molecule is COC(=O)[C@H]1Cc2ccccc2CN1C(=O)CSc1nnc(-c2cccs2)o1. The van der Waals surface area contributed by atoms with Gasteiger partial charge < -0.3 is 14.1 Å². The smallest absolute Gasteiger partial charge is 0.328 e. The Hall–Kier alpha value is -2.65. The van der Waals surface area contributed by atoms with Gasteiger partial charge in [0, 0.05) is 13.0 Å². The predicted octanol–water partition coefficient (Wildman–Crippen LogP) is 3.02. The Morgan fingerprint density at radius 3 is 2.82 bits per heavy atom. The lowest BCUT2D eigenvalue weighted by Crippen LogP contribution is -2.49. The molecule has 1 aromatic carbocycles. The molecule has 0 fully saturated rings. The zero-order valence-electron chi connectivity index (χ0n) is 15.0. The molecular weight excluding hydrogens is 398 g/mol. The average molecular weight is 415 g/mol. The van der Waals surface area contributed by atoms with Crippen LogP contribution < -0.4 is 0 Å². The van der Waals surface area contributed by atoms with Crippen LogP contribution in [0.25, 0.3) is 10.8 Å². The van der Waals surface area contributed by atoms with Crippen molar-refractivity contribution in [2.45, 2.75) is 24.2 Å². The summed E-state index contributed by atoms with van der Waals surface area (Å²) in [5, 5.41) is 10.2. The molecule has 1 aliphatic heterocycles. The zero-order chi connectivity index (χ0) is 19.5. The normalized spacial score (nSPS) is 15.9. The van der Waals surface area contributed by atoms with Crippen LogP contribution in [0.4, 0.5) is 0 Å². The molecule has 28 heavy (non-hydrogen) atoms. The molecule has 2 aromatic heterocycles. The predicted molar refractivity (Wildman–Crippen MR) is 105 cm³/mol. The number of thiophene rings is 1. The molecule has 4 rings (SSSR count). The van der Waals surface area contributed by atoms with Crippen LogP contribution in [0.2, 0.25) is 0 Å². The Morgan fingerprint density at radius 2 is 2.07 bits per heavy atom. The standard InChI is InChI=1S/C19H17N3O4S2/c1-25-18(24)14-9-12-5-2-3-6-13(12)10-22(14)16(23)11-28-19-21-20-17(26-19)15-7-4-8-27-15/h2-8,14H,9-11H2,1H3/t14-/m1/s1. The minimum atomic E-state index is -0.627. The van der Waals surface area contributed by atoms with E-state index in [1.54, 1.807) is 4.90 Å². The summed E-state index contributed by atoms with van der Waals surface area (Å²) in [4.78, 5) is 27.5. The second-order valence-electron chi connectivity index (χ2n) is 6.17. The summed E-state index contributed by atoms with van der Waals surface area (Å²) in [5.74, 6) is -0.0532. The lowest BCUT2D eigenvalue weighted by molar-refractivity contribution is -0.153. The van der Waals surface area contributed by atoms with Gasteiger partial charge in [-0.25, -0.2) is 4.79 Å². The number of thioether (sulfide) groups is 1. The first-order valence-corrected chi connectivity index (χ1v) is 10.5. The topological polar surface area (TPSA) is 85.5 Å². The van der Waals surface area contributed by atoms with Crippen molar-refractivity contribution in [1.29, 1.82) is 0 Å². The van der Waals surface area contributed by atoms with E-state index in [2.05, 4.69) is 10.2 Å². The van der Waals surface area contributed by atoms with E-state index in [0.29, 0.717) is 24.1 Å². The van der Waals surface area contributed by atoms with Gasteiger partial charge in [0.1, 0.15) is 6.04 Å². The van der Waals surface area contributed by atoms with E-state index in [-0.39, 0.29) is 11.7 Å². The largest absolute Gasteiger partial charge is 0.467 e. The number of hydrogen-bond acceptors (Lipinski definition) is 8. The molecule has 0 bridgehead atoms. The molecule has 144 valence electrons. The Labute approximate surface area is 169 Å². The fraction of sp³-hybridized carbons (Fsp3) is 0.263. The molecule has 1 aliphatic rings. The molecule has 0 saturated carbocycles. The summed E-state index contributed by atoms with van der Waals surface area (Å²) < 4.78 is 10.5. The Balaban J connectivity index is 1.46. The molecule has 3 aromatic rings. The number of esters is 1. The minimum Gasteiger partial charge on any atom is -0.467 e. The van der Waals surface area contributed by atoms with Crippen molar-refractivity contribution >= 4 is 35.0 Å². The van der Waals surface area contributed by atoms with Gasteiger partial charge in [-0.15, -0.1) is 21.5 Å². The van der Waals surface area contributed by atoms with Crippen LogP contribution >= 0.6 is 23.1 Å². The van der Waals surface area contributed by atoms with Gasteiger partial charge in [-0.3, -0.25) is 4.79 Å². The first-order chi connectivity index (χ1) is 13.7. The molecule has 7 nitrogen and oxygen atoms in total. The van der Waals surface area contributed by atoms with Crippen LogP contribution in [0.5, 0.6) is 0 Å². The van der Waals surface area contributed by atoms with Gasteiger partial charge in [-0.05, 0) is 22.6 Å². The monoisotopic (exact) mass is 415 g/mol. The van der Waals surface area contributed by atoms with Gasteiger partial charge in [-0.1, -0.05) is 42.1 Å². The first-order valence-electron chi connectivity index (χ1n) is 8.60. The van der Waals surface area contributed by atoms with Crippen molar-refractivity contribution in [3.05, 3.63) is 52.9 Å². The Morgan fingerprint density at radius 1 is 1.25 bits per heavy atom. The molecule has 1 atom stereocenters. The van der Waals surface area contributed by atoms with Crippen LogP contribution in [0.15, 0.2) is 51.4 Å². The Kier molecular flexibility index (Phi) is 5.45. The average Bonchev–Trinajstić information content (AvgIpc) is 3.42. The number of aromatic nitrogens is 2. The summed E-state index contributed by atoms with van der Waals surface area (Å²) in [7, 11) is 1.34. The quantitative estimate of drug-likeness (QED) is 0.468. The second kappa shape index (κ2) is 8.15. The first kappa shape index (κ1) is 18.7. The van der Waals surface area contributed by atoms with Crippen molar-refractivity contribution in [3.63, 3.8) is 0 Å². The van der Waals surface area contributed by atoms with Gasteiger partial charge in [0.15, 0.2) is 0 Å². The summed E-state index contributed by atoms with van der Waals surface area (Å²) in [5.41, 5.74) is 2.10. The third-order valence-corrected chi connectivity index (χ3v) is 6.16. The summed E-state index contributed by atoms with van der Waals surface area (Å²) >= 11 is 2.67. The van der Waals surface area contributed by atoms with E-state index < -0.39 is 12.0 Å². The van der Waals surface area contributed by atoms with E-state index in [1.807, 2.05) is 41.8 Å². The molecule has 0 N–H and O–H groups in total. The van der Waals surface area contributed by atoms with E-state index in [1.165, 1.54) is 18.4 Å². The van der Waals surface area contributed by atoms with Crippen molar-refractivity contribution in [3.8, 4) is 10.8 Å². The number of benzene rings is 1. The van der Waals surface area contributed by atoms with Crippen molar-refractivity contribution in [2.24, 2.45) is 0 Å². The Bertz CT molecular complexity index is 987. The van der Waals surface area contributed by atoms with Crippen molar-refractivity contribution < 1.29 is 18.7 Å². The maximum absolute atomic E-state index is 12.9. The summed E-state index contributed by atoms with van der Waals surface area (Å²) in [6, 6.07) is 11.0. The lowest BCUT2D eigenvalue weighted by Gasteiger charge is -2.35. The van der Waals surface area contributed by atoms with Gasteiger partial charge in [0.25, 0.3) is 11.1 Å². The number of methoxy groups -OCH3 is 1. The fourth-order valence-corrected chi connectivity index (χ4v) is 4.40. The molecule has 3 heterocycles. The second-order valence-corrected chi connectivity index (χ2v) is 8.05. The van der Waals surface area contributed by atoms with Crippen LogP contribution in [-0.2, 0) is 27.3 Å². The highest BCUT2D eigenvalue weighted by atomic mass is 32.2. The number of amides is 1. The number of fused-ring (bicyclic) bond motifs is 1. The zero-order valence-corrected chi connectivity index (χ0v) is 16.7. The number of hydrogen-bond donors (Lipinski definition) is 0. The third-order valence-electron chi connectivity index (χ3n) is 4.50. The molecule has 9 heteroatoms. The molecule has 0 spiro atoms. The number of rotatable bonds is 5. The molecule has 0 radical (unpaired) electrons. The van der Waals surface area contributed by atoms with E-state index >= 15 is 0 Å². The summed E-state index contributed by atoms with van der Waals surface area (Å²) in [6.07, 6.45) is 0.447. The van der Waals surface area contributed by atoms with Crippen molar-refractivity contribution in [2.75, 3.05) is 12.9 Å².